The Balaban J connectivity index is 1.92. The van der Waals surface area contributed by atoms with Crippen LogP contribution in [-0.2, 0) is 4.74 Å². The minimum atomic E-state index is 0.547. The minimum Gasteiger partial charge on any atom is -0.382 e. The van der Waals surface area contributed by atoms with Gasteiger partial charge in [-0.2, -0.15) is 0 Å². The number of nitrogens with one attached hydrogen (secondary N) is 1. The summed E-state index contributed by atoms with van der Waals surface area (Å²) in [5, 5.41) is 3.62. The number of benzene rings is 1. The minimum absolute atomic E-state index is 0.547. The van der Waals surface area contributed by atoms with Crippen LogP contribution in [0.25, 0.3) is 0 Å². The summed E-state index contributed by atoms with van der Waals surface area (Å²) >= 11 is 0. The van der Waals surface area contributed by atoms with E-state index in [1.54, 1.807) is 0 Å². The Morgan fingerprint density at radius 2 is 1.90 bits per heavy atom. The highest BCUT2D eigenvalue weighted by atomic mass is 16.5. The summed E-state index contributed by atoms with van der Waals surface area (Å²) in [6.07, 6.45) is 2.20. The molecule has 1 N–H and O–H groups in total. The lowest BCUT2D eigenvalue weighted by atomic mass is 10.1. The fourth-order valence-corrected chi connectivity index (χ4v) is 2.39. The van der Waals surface area contributed by atoms with Crippen LogP contribution >= 0.6 is 0 Å². The quantitative estimate of drug-likeness (QED) is 0.863. The van der Waals surface area contributed by atoms with E-state index in [2.05, 4.69) is 60.5 Å². The fourth-order valence-electron chi connectivity index (χ4n) is 2.39. The molecule has 1 fully saturated rings. The van der Waals surface area contributed by atoms with Gasteiger partial charge in [0.2, 0.25) is 0 Å². The van der Waals surface area contributed by atoms with E-state index in [4.69, 9.17) is 4.74 Å². The first kappa shape index (κ1) is 15.1. The largest absolute Gasteiger partial charge is 0.382 e. The van der Waals surface area contributed by atoms with Crippen molar-refractivity contribution in [2.45, 2.75) is 18.9 Å². The van der Waals surface area contributed by atoms with Gasteiger partial charge in [0.05, 0.1) is 0 Å². The molecule has 1 aliphatic rings. The Kier molecular flexibility index (Phi) is 5.68. The second kappa shape index (κ2) is 7.50. The standard InChI is InChI=1S/C16H27N3O/c1-18(2)9-10-19(3)16-6-4-5-15(13-16)17-14-7-11-20-12-8-14/h4-6,13-14,17H,7-12H2,1-3H3. The number of anilines is 2. The third-order valence-corrected chi connectivity index (χ3v) is 3.76. The van der Waals surface area contributed by atoms with E-state index in [0.717, 1.165) is 39.1 Å². The van der Waals surface area contributed by atoms with Gasteiger partial charge in [-0.05, 0) is 45.1 Å². The molecule has 1 saturated heterocycles. The van der Waals surface area contributed by atoms with Gasteiger partial charge in [-0.15, -0.1) is 0 Å². The molecule has 0 aromatic heterocycles. The highest BCUT2D eigenvalue weighted by Gasteiger charge is 2.13. The third kappa shape index (κ3) is 4.69. The summed E-state index contributed by atoms with van der Waals surface area (Å²) in [5.41, 5.74) is 2.48. The van der Waals surface area contributed by atoms with E-state index in [1.165, 1.54) is 11.4 Å². The zero-order valence-electron chi connectivity index (χ0n) is 12.9. The maximum atomic E-state index is 5.40. The Morgan fingerprint density at radius 3 is 2.60 bits per heavy atom. The smallest absolute Gasteiger partial charge is 0.0485 e. The van der Waals surface area contributed by atoms with E-state index in [9.17, 15) is 0 Å². The van der Waals surface area contributed by atoms with Crippen LogP contribution in [0.5, 0.6) is 0 Å². The molecule has 20 heavy (non-hydrogen) atoms. The van der Waals surface area contributed by atoms with Crippen molar-refractivity contribution >= 4 is 11.4 Å². The van der Waals surface area contributed by atoms with Crippen LogP contribution in [0.15, 0.2) is 24.3 Å². The van der Waals surface area contributed by atoms with Gasteiger partial charge < -0.3 is 19.9 Å². The molecule has 4 nitrogen and oxygen atoms in total. The monoisotopic (exact) mass is 277 g/mol. The molecule has 0 amide bonds. The van der Waals surface area contributed by atoms with Crippen LogP contribution in [-0.4, -0.2) is 58.4 Å². The van der Waals surface area contributed by atoms with Crippen molar-refractivity contribution in [1.29, 1.82) is 0 Å². The van der Waals surface area contributed by atoms with Gasteiger partial charge in [0.25, 0.3) is 0 Å². The molecule has 0 radical (unpaired) electrons. The molecule has 0 unspecified atom stereocenters. The molecule has 112 valence electrons. The van der Waals surface area contributed by atoms with Gasteiger partial charge in [0.15, 0.2) is 0 Å². The second-order valence-corrected chi connectivity index (χ2v) is 5.81. The summed E-state index contributed by atoms with van der Waals surface area (Å²) in [7, 11) is 6.37. The average molecular weight is 277 g/mol. The van der Waals surface area contributed by atoms with Gasteiger partial charge in [-0.1, -0.05) is 6.07 Å². The van der Waals surface area contributed by atoms with Crippen molar-refractivity contribution in [3.8, 4) is 0 Å². The van der Waals surface area contributed by atoms with Crippen molar-refractivity contribution in [3.63, 3.8) is 0 Å². The predicted molar refractivity (Wildman–Crippen MR) is 85.7 cm³/mol. The Hall–Kier alpha value is -1.26. The van der Waals surface area contributed by atoms with Crippen LogP contribution in [0, 0.1) is 0 Å². The molecule has 1 aromatic carbocycles. The predicted octanol–water partition coefficient (Wildman–Crippen LogP) is 2.28. The second-order valence-electron chi connectivity index (χ2n) is 5.81. The summed E-state index contributed by atoms with van der Waals surface area (Å²) < 4.78 is 5.40. The Morgan fingerprint density at radius 1 is 1.15 bits per heavy atom. The number of hydrogen-bond acceptors (Lipinski definition) is 4. The maximum Gasteiger partial charge on any atom is 0.0485 e. The molecule has 0 saturated carbocycles. The number of nitrogens with zero attached hydrogens (tertiary/aromatic N) is 2. The van der Waals surface area contributed by atoms with E-state index < -0.39 is 0 Å². The molecule has 0 aliphatic carbocycles. The molecular weight excluding hydrogens is 250 g/mol. The summed E-state index contributed by atoms with van der Waals surface area (Å²) in [4.78, 5) is 4.51. The van der Waals surface area contributed by atoms with Crippen molar-refractivity contribution in [2.24, 2.45) is 0 Å². The van der Waals surface area contributed by atoms with Crippen LogP contribution in [0.3, 0.4) is 0 Å². The number of hydrogen-bond donors (Lipinski definition) is 1. The third-order valence-electron chi connectivity index (χ3n) is 3.76. The number of ether oxygens (including phenoxy) is 1. The van der Waals surface area contributed by atoms with Crippen molar-refractivity contribution in [1.82, 2.24) is 4.90 Å². The number of likely N-dealkylation sites (N-methyl/N-ethyl adjacent to an activating group) is 2. The molecular formula is C16H27N3O. The molecule has 2 rings (SSSR count). The number of rotatable bonds is 6. The first-order valence-corrected chi connectivity index (χ1v) is 7.45. The lowest BCUT2D eigenvalue weighted by Gasteiger charge is -2.26. The zero-order valence-corrected chi connectivity index (χ0v) is 12.9. The Labute approximate surface area is 122 Å². The van der Waals surface area contributed by atoms with Gasteiger partial charge in [-0.3, -0.25) is 0 Å². The van der Waals surface area contributed by atoms with E-state index in [-0.39, 0.29) is 0 Å². The van der Waals surface area contributed by atoms with Gasteiger partial charge >= 0.3 is 0 Å². The normalized spacial score (nSPS) is 16.4. The van der Waals surface area contributed by atoms with Crippen LogP contribution in [0.2, 0.25) is 0 Å². The lowest BCUT2D eigenvalue weighted by molar-refractivity contribution is 0.0904. The topological polar surface area (TPSA) is 27.7 Å². The highest BCUT2D eigenvalue weighted by Crippen LogP contribution is 2.21. The SMILES string of the molecule is CN(C)CCN(C)c1cccc(NC2CCOCC2)c1. The molecule has 1 aliphatic heterocycles. The van der Waals surface area contributed by atoms with Crippen molar-refractivity contribution in [2.75, 3.05) is 57.7 Å². The van der Waals surface area contributed by atoms with E-state index in [0.29, 0.717) is 6.04 Å². The van der Waals surface area contributed by atoms with Gasteiger partial charge in [-0.25, -0.2) is 0 Å². The van der Waals surface area contributed by atoms with Crippen LogP contribution < -0.4 is 10.2 Å². The first-order chi connectivity index (χ1) is 9.65. The van der Waals surface area contributed by atoms with Crippen LogP contribution in [0.1, 0.15) is 12.8 Å². The summed E-state index contributed by atoms with van der Waals surface area (Å²) in [5.74, 6) is 0. The molecule has 0 atom stereocenters. The summed E-state index contributed by atoms with van der Waals surface area (Å²) in [6.45, 7) is 3.85. The van der Waals surface area contributed by atoms with Crippen molar-refractivity contribution in [3.05, 3.63) is 24.3 Å². The molecule has 1 heterocycles. The molecule has 4 heteroatoms. The van der Waals surface area contributed by atoms with Gasteiger partial charge in [0, 0.05) is 50.8 Å². The van der Waals surface area contributed by atoms with Gasteiger partial charge in [0.1, 0.15) is 0 Å². The zero-order chi connectivity index (χ0) is 14.4. The maximum absolute atomic E-state index is 5.40. The van der Waals surface area contributed by atoms with Crippen molar-refractivity contribution < 1.29 is 4.74 Å². The average Bonchev–Trinajstić information content (AvgIpc) is 2.46. The highest BCUT2D eigenvalue weighted by molar-refractivity contribution is 5.58. The Bertz CT molecular complexity index is 402. The molecule has 1 aromatic rings. The fraction of sp³-hybridized carbons (Fsp3) is 0.625. The van der Waals surface area contributed by atoms with E-state index >= 15 is 0 Å². The van der Waals surface area contributed by atoms with Crippen LogP contribution in [0.4, 0.5) is 11.4 Å². The lowest BCUT2D eigenvalue weighted by Crippen LogP contribution is -2.29. The molecule has 0 spiro atoms. The summed E-state index contributed by atoms with van der Waals surface area (Å²) in [6, 6.07) is 9.24. The molecule has 0 bridgehead atoms. The van der Waals surface area contributed by atoms with E-state index in [1.807, 2.05) is 0 Å². The first-order valence-electron chi connectivity index (χ1n) is 7.45.